The molecule has 2 rings (SSSR count). The SMILES string of the molecule is CC(C)(C)OC(=O)N[C@H](CO)C(=O)Nc1ccc2[nH]c(=S)[nH]c2c1. The van der Waals surface area contributed by atoms with Crippen molar-refractivity contribution in [3.8, 4) is 0 Å². The summed E-state index contributed by atoms with van der Waals surface area (Å²) in [6.07, 6.45) is -0.776. The molecule has 0 bridgehead atoms. The van der Waals surface area contributed by atoms with Crippen LogP contribution in [-0.2, 0) is 9.53 Å². The summed E-state index contributed by atoms with van der Waals surface area (Å²) < 4.78 is 5.55. The average molecular weight is 352 g/mol. The first-order valence-corrected chi connectivity index (χ1v) is 7.72. The number of aromatic amines is 2. The van der Waals surface area contributed by atoms with Gasteiger partial charge in [-0.15, -0.1) is 0 Å². The fraction of sp³-hybridized carbons (Fsp3) is 0.400. The topological polar surface area (TPSA) is 119 Å². The second kappa shape index (κ2) is 7.02. The van der Waals surface area contributed by atoms with E-state index in [1.807, 2.05) is 0 Å². The summed E-state index contributed by atoms with van der Waals surface area (Å²) in [5.74, 6) is -0.558. The number of aromatic nitrogens is 2. The van der Waals surface area contributed by atoms with Crippen molar-refractivity contribution in [3.05, 3.63) is 23.0 Å². The van der Waals surface area contributed by atoms with Crippen molar-refractivity contribution >= 4 is 40.9 Å². The van der Waals surface area contributed by atoms with Gasteiger partial charge in [0.05, 0.1) is 17.6 Å². The van der Waals surface area contributed by atoms with Crippen LogP contribution in [0.15, 0.2) is 18.2 Å². The van der Waals surface area contributed by atoms with Crippen molar-refractivity contribution in [1.29, 1.82) is 0 Å². The van der Waals surface area contributed by atoms with E-state index in [0.717, 1.165) is 11.0 Å². The number of alkyl carbamates (subject to hydrolysis) is 1. The predicted molar refractivity (Wildman–Crippen MR) is 92.4 cm³/mol. The highest BCUT2D eigenvalue weighted by molar-refractivity contribution is 7.71. The van der Waals surface area contributed by atoms with Crippen LogP contribution in [0.5, 0.6) is 0 Å². The van der Waals surface area contributed by atoms with Gasteiger partial charge in [-0.2, -0.15) is 0 Å². The van der Waals surface area contributed by atoms with E-state index in [4.69, 9.17) is 17.0 Å². The Hall–Kier alpha value is -2.39. The Bertz CT molecular complexity index is 806. The molecule has 0 unspecified atom stereocenters. The van der Waals surface area contributed by atoms with E-state index < -0.39 is 30.3 Å². The molecule has 0 fully saturated rings. The maximum atomic E-state index is 12.2. The number of ether oxygens (including phenoxy) is 1. The number of aliphatic hydroxyl groups excluding tert-OH is 1. The molecule has 0 spiro atoms. The molecule has 2 amide bonds. The van der Waals surface area contributed by atoms with Crippen molar-refractivity contribution in [1.82, 2.24) is 15.3 Å². The molecule has 130 valence electrons. The van der Waals surface area contributed by atoms with E-state index in [1.165, 1.54) is 0 Å². The van der Waals surface area contributed by atoms with Crippen molar-refractivity contribution in [2.24, 2.45) is 0 Å². The number of hydrogen-bond acceptors (Lipinski definition) is 5. The molecule has 1 atom stereocenters. The minimum atomic E-state index is -1.12. The van der Waals surface area contributed by atoms with Crippen LogP contribution >= 0.6 is 12.2 Å². The van der Waals surface area contributed by atoms with Gasteiger partial charge in [-0.25, -0.2) is 4.79 Å². The summed E-state index contributed by atoms with van der Waals surface area (Å²) >= 11 is 5.00. The van der Waals surface area contributed by atoms with E-state index in [2.05, 4.69) is 20.6 Å². The first-order valence-electron chi connectivity index (χ1n) is 7.31. The lowest BCUT2D eigenvalue weighted by molar-refractivity contribution is -0.119. The van der Waals surface area contributed by atoms with Gasteiger partial charge in [0, 0.05) is 5.69 Å². The lowest BCUT2D eigenvalue weighted by Crippen LogP contribution is -2.47. The summed E-state index contributed by atoms with van der Waals surface area (Å²) in [4.78, 5) is 29.8. The predicted octanol–water partition coefficient (Wildman–Crippen LogP) is 2.05. The van der Waals surface area contributed by atoms with Gasteiger partial charge in [0.1, 0.15) is 11.6 Å². The van der Waals surface area contributed by atoms with Gasteiger partial charge in [0.2, 0.25) is 5.91 Å². The molecule has 24 heavy (non-hydrogen) atoms. The minimum Gasteiger partial charge on any atom is -0.444 e. The Morgan fingerprint density at radius 2 is 1.96 bits per heavy atom. The van der Waals surface area contributed by atoms with Gasteiger partial charge >= 0.3 is 6.09 Å². The fourth-order valence-corrected chi connectivity index (χ4v) is 2.20. The Labute approximate surface area is 143 Å². The summed E-state index contributed by atoms with van der Waals surface area (Å²) in [6, 6.07) is 4.01. The number of amides is 2. The molecule has 0 saturated carbocycles. The van der Waals surface area contributed by atoms with Gasteiger partial charge < -0.3 is 30.4 Å². The van der Waals surface area contributed by atoms with Gasteiger partial charge in [-0.1, -0.05) is 0 Å². The van der Waals surface area contributed by atoms with Crippen LogP contribution in [0.1, 0.15) is 20.8 Å². The summed E-state index contributed by atoms with van der Waals surface area (Å²) in [5, 5.41) is 14.3. The standard InChI is InChI=1S/C15H20N4O4S/c1-15(2,3)23-14(22)19-11(7-20)12(21)16-8-4-5-9-10(6-8)18-13(24)17-9/h4-6,11,20H,7H2,1-3H3,(H,16,21)(H,19,22)(H2,17,18,24)/t11-/m1/s1. The molecular weight excluding hydrogens is 332 g/mol. The number of anilines is 1. The number of H-pyrrole nitrogens is 2. The molecule has 0 saturated heterocycles. The zero-order chi connectivity index (χ0) is 17.9. The van der Waals surface area contributed by atoms with Gasteiger partial charge in [0.25, 0.3) is 0 Å². The quantitative estimate of drug-likeness (QED) is 0.540. The lowest BCUT2D eigenvalue weighted by atomic mass is 10.2. The van der Waals surface area contributed by atoms with E-state index in [0.29, 0.717) is 10.5 Å². The zero-order valence-electron chi connectivity index (χ0n) is 13.6. The highest BCUT2D eigenvalue weighted by Gasteiger charge is 2.23. The highest BCUT2D eigenvalue weighted by atomic mass is 32.1. The molecule has 1 aromatic carbocycles. The highest BCUT2D eigenvalue weighted by Crippen LogP contribution is 2.16. The van der Waals surface area contributed by atoms with E-state index in [-0.39, 0.29) is 0 Å². The number of imidazole rings is 1. The lowest BCUT2D eigenvalue weighted by Gasteiger charge is -2.22. The Kier molecular flexibility index (Phi) is 5.25. The van der Waals surface area contributed by atoms with Crippen LogP contribution in [0.3, 0.4) is 0 Å². The molecule has 2 aromatic rings. The van der Waals surface area contributed by atoms with Crippen molar-refractivity contribution in [3.63, 3.8) is 0 Å². The maximum absolute atomic E-state index is 12.2. The molecule has 0 radical (unpaired) electrons. The van der Waals surface area contributed by atoms with Crippen molar-refractivity contribution in [2.45, 2.75) is 32.4 Å². The number of fused-ring (bicyclic) bond motifs is 1. The second-order valence-electron chi connectivity index (χ2n) is 6.21. The summed E-state index contributed by atoms with van der Waals surface area (Å²) in [6.45, 7) is 4.56. The first-order chi connectivity index (χ1) is 11.2. The number of benzene rings is 1. The smallest absolute Gasteiger partial charge is 0.408 e. The largest absolute Gasteiger partial charge is 0.444 e. The molecule has 5 N–H and O–H groups in total. The Balaban J connectivity index is 2.04. The first kappa shape index (κ1) is 18.0. The van der Waals surface area contributed by atoms with Crippen LogP contribution in [0.2, 0.25) is 0 Å². The minimum absolute atomic E-state index is 0.480. The van der Waals surface area contributed by atoms with E-state index in [1.54, 1.807) is 39.0 Å². The van der Waals surface area contributed by atoms with Crippen LogP contribution in [-0.4, -0.2) is 45.3 Å². The van der Waals surface area contributed by atoms with Gasteiger partial charge in [0.15, 0.2) is 4.77 Å². The molecule has 0 aliphatic rings. The van der Waals surface area contributed by atoms with Crippen molar-refractivity contribution in [2.75, 3.05) is 11.9 Å². The average Bonchev–Trinajstić information content (AvgIpc) is 2.82. The second-order valence-corrected chi connectivity index (χ2v) is 6.62. The molecule has 9 heteroatoms. The molecular formula is C15H20N4O4S. The third kappa shape index (κ3) is 4.80. The van der Waals surface area contributed by atoms with Crippen LogP contribution < -0.4 is 10.6 Å². The Morgan fingerprint density at radius 1 is 1.29 bits per heavy atom. The third-order valence-electron chi connectivity index (χ3n) is 2.97. The number of rotatable bonds is 4. The van der Waals surface area contributed by atoms with E-state index in [9.17, 15) is 14.7 Å². The van der Waals surface area contributed by atoms with Gasteiger partial charge in [-0.3, -0.25) is 4.79 Å². The van der Waals surface area contributed by atoms with Crippen molar-refractivity contribution < 1.29 is 19.4 Å². The fourth-order valence-electron chi connectivity index (χ4n) is 1.98. The maximum Gasteiger partial charge on any atom is 0.408 e. The van der Waals surface area contributed by atoms with Crippen LogP contribution in [0.25, 0.3) is 11.0 Å². The molecule has 1 aromatic heterocycles. The number of aliphatic hydroxyl groups is 1. The van der Waals surface area contributed by atoms with E-state index >= 15 is 0 Å². The Morgan fingerprint density at radius 3 is 2.58 bits per heavy atom. The van der Waals surface area contributed by atoms with Crippen LogP contribution in [0.4, 0.5) is 10.5 Å². The molecule has 0 aliphatic heterocycles. The normalized spacial score (nSPS) is 12.7. The van der Waals surface area contributed by atoms with Gasteiger partial charge in [-0.05, 0) is 51.2 Å². The number of carbonyl (C=O) groups is 2. The summed E-state index contributed by atoms with van der Waals surface area (Å²) in [5.41, 5.74) is 1.35. The number of hydrogen-bond donors (Lipinski definition) is 5. The summed E-state index contributed by atoms with van der Waals surface area (Å²) in [7, 11) is 0. The zero-order valence-corrected chi connectivity index (χ0v) is 14.4. The number of carbonyl (C=O) groups excluding carboxylic acids is 2. The number of nitrogens with one attached hydrogen (secondary N) is 4. The third-order valence-corrected chi connectivity index (χ3v) is 3.18. The monoisotopic (exact) mass is 352 g/mol. The molecule has 1 heterocycles. The van der Waals surface area contributed by atoms with Crippen LogP contribution in [0, 0.1) is 4.77 Å². The molecule has 0 aliphatic carbocycles. The molecule has 8 nitrogen and oxygen atoms in total.